The van der Waals surface area contributed by atoms with Crippen molar-refractivity contribution in [2.75, 3.05) is 5.73 Å². The van der Waals surface area contributed by atoms with Gasteiger partial charge in [-0.1, -0.05) is 0 Å². The van der Waals surface area contributed by atoms with Gasteiger partial charge in [-0.2, -0.15) is 0 Å². The fourth-order valence-electron chi connectivity index (χ4n) is 1.07. The summed E-state index contributed by atoms with van der Waals surface area (Å²) in [4.78, 5) is 21.1. The van der Waals surface area contributed by atoms with Crippen LogP contribution in [0.2, 0.25) is 0 Å². The minimum Gasteiger partial charge on any atom is -0.504 e. The van der Waals surface area contributed by atoms with E-state index in [9.17, 15) is 19.8 Å². The second-order valence-electron chi connectivity index (χ2n) is 2.70. The third-order valence-corrected chi connectivity index (χ3v) is 1.75. The molecule has 0 amide bonds. The number of carboxylic acid groups (broad SMARTS) is 2. The van der Waals surface area contributed by atoms with E-state index < -0.39 is 40.3 Å². The van der Waals surface area contributed by atoms with Crippen molar-refractivity contribution in [3.05, 3.63) is 17.2 Å². The molecule has 0 saturated carbocycles. The van der Waals surface area contributed by atoms with Crippen LogP contribution in [0.4, 0.5) is 5.69 Å². The Balaban J connectivity index is 3.58. The van der Waals surface area contributed by atoms with Crippen LogP contribution in [-0.4, -0.2) is 32.4 Å². The van der Waals surface area contributed by atoms with Crippen molar-refractivity contribution in [3.8, 4) is 11.5 Å². The van der Waals surface area contributed by atoms with Crippen LogP contribution in [-0.2, 0) is 0 Å². The molecule has 0 atom stereocenters. The topological polar surface area (TPSA) is 141 Å². The summed E-state index contributed by atoms with van der Waals surface area (Å²) in [5.41, 5.74) is 3.40. The number of hydrogen-bond acceptors (Lipinski definition) is 5. The van der Waals surface area contributed by atoms with Gasteiger partial charge in [0.05, 0.1) is 5.69 Å². The molecule has 0 heterocycles. The van der Waals surface area contributed by atoms with Crippen molar-refractivity contribution < 1.29 is 30.0 Å². The molecule has 0 fully saturated rings. The van der Waals surface area contributed by atoms with Gasteiger partial charge in [-0.05, 0) is 6.07 Å². The quantitative estimate of drug-likeness (QED) is 0.266. The van der Waals surface area contributed by atoms with Gasteiger partial charge in [0.25, 0.3) is 0 Å². The van der Waals surface area contributed by atoms with Crippen molar-refractivity contribution in [3.63, 3.8) is 0 Å². The summed E-state index contributed by atoms with van der Waals surface area (Å²) < 4.78 is 0. The third kappa shape index (κ3) is 1.62. The number of benzene rings is 1. The molecule has 0 unspecified atom stereocenters. The molecule has 0 aromatic heterocycles. The summed E-state index contributed by atoms with van der Waals surface area (Å²) in [6, 6.07) is 0.765. The highest BCUT2D eigenvalue weighted by Crippen LogP contribution is 2.36. The molecule has 0 bridgehead atoms. The summed E-state index contributed by atoms with van der Waals surface area (Å²) in [5.74, 6) is -5.15. The maximum Gasteiger partial charge on any atom is 0.341 e. The number of anilines is 1. The van der Waals surface area contributed by atoms with Crippen LogP contribution in [0.25, 0.3) is 0 Å². The summed E-state index contributed by atoms with van der Waals surface area (Å²) >= 11 is 0. The molecule has 7 heteroatoms. The normalized spacial score (nSPS) is 9.87. The van der Waals surface area contributed by atoms with E-state index in [-0.39, 0.29) is 0 Å². The fourth-order valence-corrected chi connectivity index (χ4v) is 1.07. The predicted octanol–water partition coefficient (Wildman–Crippen LogP) is 0.0764. The first-order valence-electron chi connectivity index (χ1n) is 3.67. The largest absolute Gasteiger partial charge is 0.504 e. The van der Waals surface area contributed by atoms with Gasteiger partial charge >= 0.3 is 11.9 Å². The number of carboxylic acids is 2. The number of rotatable bonds is 2. The molecular weight excluding hydrogens is 206 g/mol. The average molecular weight is 213 g/mol. The highest BCUT2D eigenvalue weighted by molar-refractivity contribution is 6.02. The van der Waals surface area contributed by atoms with E-state index in [1.54, 1.807) is 0 Å². The second-order valence-corrected chi connectivity index (χ2v) is 2.70. The lowest BCUT2D eigenvalue weighted by atomic mass is 10.1. The van der Waals surface area contributed by atoms with Gasteiger partial charge in [-0.3, -0.25) is 0 Å². The molecule has 1 aromatic rings. The molecule has 0 spiro atoms. The van der Waals surface area contributed by atoms with E-state index in [0.717, 1.165) is 6.07 Å². The van der Waals surface area contributed by atoms with Crippen LogP contribution in [0.5, 0.6) is 11.5 Å². The summed E-state index contributed by atoms with van der Waals surface area (Å²) in [6.45, 7) is 0. The number of aromatic hydroxyl groups is 2. The number of nitrogens with two attached hydrogens (primary N) is 1. The lowest BCUT2D eigenvalue weighted by Crippen LogP contribution is -2.06. The summed E-state index contributed by atoms with van der Waals surface area (Å²) in [7, 11) is 0. The fraction of sp³-hybridized carbons (Fsp3) is 0. The van der Waals surface area contributed by atoms with Crippen molar-refractivity contribution in [2.45, 2.75) is 0 Å². The maximum absolute atomic E-state index is 10.6. The van der Waals surface area contributed by atoms with Gasteiger partial charge in [0.1, 0.15) is 11.1 Å². The Bertz CT molecular complexity index is 453. The molecule has 0 radical (unpaired) electrons. The minimum absolute atomic E-state index is 0.435. The Hall–Kier alpha value is -2.44. The predicted molar refractivity (Wildman–Crippen MR) is 48.1 cm³/mol. The highest BCUT2D eigenvalue weighted by Gasteiger charge is 2.23. The monoisotopic (exact) mass is 213 g/mol. The van der Waals surface area contributed by atoms with E-state index >= 15 is 0 Å². The lowest BCUT2D eigenvalue weighted by Gasteiger charge is -2.08. The average Bonchev–Trinajstić information content (AvgIpc) is 2.10. The van der Waals surface area contributed by atoms with Gasteiger partial charge in [0.2, 0.25) is 0 Å². The van der Waals surface area contributed by atoms with Gasteiger partial charge in [0, 0.05) is 0 Å². The SMILES string of the molecule is Nc1cc(C(=O)O)c(O)c(O)c1C(=O)O. The van der Waals surface area contributed by atoms with Crippen LogP contribution in [0.15, 0.2) is 6.07 Å². The first kappa shape index (κ1) is 10.6. The van der Waals surface area contributed by atoms with Crippen molar-refractivity contribution in [1.29, 1.82) is 0 Å². The Morgan fingerprint density at radius 3 is 2.00 bits per heavy atom. The zero-order chi connectivity index (χ0) is 11.7. The highest BCUT2D eigenvalue weighted by atomic mass is 16.4. The van der Waals surface area contributed by atoms with Gasteiger partial charge < -0.3 is 26.2 Å². The lowest BCUT2D eigenvalue weighted by molar-refractivity contribution is 0.0675. The van der Waals surface area contributed by atoms with E-state index in [1.165, 1.54) is 0 Å². The smallest absolute Gasteiger partial charge is 0.341 e. The first-order chi connectivity index (χ1) is 6.86. The minimum atomic E-state index is -1.56. The number of carbonyl (C=O) groups is 2. The number of aromatic carboxylic acids is 2. The molecular formula is C8H7NO6. The Kier molecular flexibility index (Phi) is 2.39. The van der Waals surface area contributed by atoms with Crippen LogP contribution in [0, 0.1) is 0 Å². The molecule has 80 valence electrons. The zero-order valence-corrected chi connectivity index (χ0v) is 7.26. The standard InChI is InChI=1S/C8H7NO6/c9-3-1-2(7(12)13)5(10)6(11)4(3)8(14)15/h1,10-11H,9H2,(H,12,13)(H,14,15). The molecule has 1 aromatic carbocycles. The summed E-state index contributed by atoms with van der Waals surface area (Å²) in [5, 5.41) is 35.5. The number of nitrogen functional groups attached to an aromatic ring is 1. The Morgan fingerprint density at radius 2 is 1.60 bits per heavy atom. The van der Waals surface area contributed by atoms with E-state index in [4.69, 9.17) is 15.9 Å². The van der Waals surface area contributed by atoms with E-state index in [1.807, 2.05) is 0 Å². The Morgan fingerprint density at radius 1 is 1.07 bits per heavy atom. The molecule has 0 saturated heterocycles. The number of hydrogen-bond donors (Lipinski definition) is 5. The number of phenols is 2. The van der Waals surface area contributed by atoms with Crippen LogP contribution < -0.4 is 5.73 Å². The molecule has 0 aliphatic carbocycles. The van der Waals surface area contributed by atoms with Gasteiger partial charge in [-0.25, -0.2) is 9.59 Å². The molecule has 0 aliphatic rings. The second kappa shape index (κ2) is 3.37. The molecule has 7 nitrogen and oxygen atoms in total. The van der Waals surface area contributed by atoms with Gasteiger partial charge in [-0.15, -0.1) is 0 Å². The zero-order valence-electron chi connectivity index (χ0n) is 7.26. The van der Waals surface area contributed by atoms with Crippen molar-refractivity contribution in [1.82, 2.24) is 0 Å². The molecule has 0 aliphatic heterocycles. The van der Waals surface area contributed by atoms with Crippen molar-refractivity contribution in [2.24, 2.45) is 0 Å². The third-order valence-electron chi connectivity index (χ3n) is 1.75. The maximum atomic E-state index is 10.6. The molecule has 1 rings (SSSR count). The van der Waals surface area contributed by atoms with E-state index in [2.05, 4.69) is 0 Å². The van der Waals surface area contributed by atoms with Crippen LogP contribution >= 0.6 is 0 Å². The van der Waals surface area contributed by atoms with Crippen molar-refractivity contribution >= 4 is 17.6 Å². The van der Waals surface area contributed by atoms with Crippen LogP contribution in [0.3, 0.4) is 0 Å². The van der Waals surface area contributed by atoms with Crippen LogP contribution in [0.1, 0.15) is 20.7 Å². The first-order valence-corrected chi connectivity index (χ1v) is 3.67. The van der Waals surface area contributed by atoms with E-state index in [0.29, 0.717) is 0 Å². The molecule has 6 N–H and O–H groups in total. The molecule has 15 heavy (non-hydrogen) atoms. The van der Waals surface area contributed by atoms with Gasteiger partial charge in [0.15, 0.2) is 11.5 Å². The Labute approximate surface area is 83.0 Å². The summed E-state index contributed by atoms with van der Waals surface area (Å²) in [6.07, 6.45) is 0.